The molecule has 2 rings (SSSR count). The molecule has 0 aromatic carbocycles. The molecule has 8 heteroatoms. The monoisotopic (exact) mass is 834 g/mol. The van der Waals surface area contributed by atoms with Crippen molar-refractivity contribution in [2.75, 3.05) is 40.0 Å². The van der Waals surface area contributed by atoms with Gasteiger partial charge in [0.15, 0.2) is 0 Å². The van der Waals surface area contributed by atoms with Gasteiger partial charge >= 0.3 is 17.9 Å². The van der Waals surface area contributed by atoms with Crippen molar-refractivity contribution in [3.63, 3.8) is 0 Å². The summed E-state index contributed by atoms with van der Waals surface area (Å²) < 4.78 is 23.3. The molecule has 2 unspecified atom stereocenters. The number of likely N-dealkylation sites (tertiary alicyclic amines) is 1. The van der Waals surface area contributed by atoms with Crippen LogP contribution in [0.1, 0.15) is 233 Å². The van der Waals surface area contributed by atoms with Gasteiger partial charge in [-0.05, 0) is 70.3 Å². The first kappa shape index (κ1) is 53.5. The average molecular weight is 834 g/mol. The lowest BCUT2D eigenvalue weighted by Gasteiger charge is -2.19. The van der Waals surface area contributed by atoms with Crippen molar-refractivity contribution in [2.45, 2.75) is 245 Å². The van der Waals surface area contributed by atoms with Crippen LogP contribution < -0.4 is 0 Å². The van der Waals surface area contributed by atoms with Crippen molar-refractivity contribution in [1.29, 1.82) is 0 Å². The Bertz CT molecular complexity index is 950. The molecule has 0 bridgehead atoms. The normalized spacial score (nSPS) is 17.6. The Morgan fingerprint density at radius 3 is 1.25 bits per heavy atom. The predicted octanol–water partition coefficient (Wildman–Crippen LogP) is 13.4. The Kier molecular flexibility index (Phi) is 32.5. The van der Waals surface area contributed by atoms with Crippen LogP contribution >= 0.6 is 0 Å². The minimum Gasteiger partial charge on any atom is -0.466 e. The summed E-state index contributed by atoms with van der Waals surface area (Å²) >= 11 is 0. The van der Waals surface area contributed by atoms with Gasteiger partial charge in [0.2, 0.25) is 0 Å². The summed E-state index contributed by atoms with van der Waals surface area (Å²) in [5.41, 5.74) is 0. The van der Waals surface area contributed by atoms with Crippen molar-refractivity contribution in [1.82, 2.24) is 4.90 Å². The van der Waals surface area contributed by atoms with E-state index in [9.17, 15) is 14.4 Å². The lowest BCUT2D eigenvalue weighted by molar-refractivity contribution is -0.156. The number of fused-ring (bicyclic) bond motifs is 1. The van der Waals surface area contributed by atoms with Crippen LogP contribution in [0.25, 0.3) is 0 Å². The van der Waals surface area contributed by atoms with Crippen LogP contribution in [-0.2, 0) is 33.3 Å². The minimum atomic E-state index is -0.230. The molecular formula is C51H95NO7. The van der Waals surface area contributed by atoms with Crippen molar-refractivity contribution in [2.24, 2.45) is 23.7 Å². The first-order valence-corrected chi connectivity index (χ1v) is 25.6. The zero-order chi connectivity index (χ0) is 42.8. The summed E-state index contributed by atoms with van der Waals surface area (Å²) in [6, 6.07) is 0. The van der Waals surface area contributed by atoms with E-state index in [1.807, 2.05) is 0 Å². The molecule has 1 heterocycles. The van der Waals surface area contributed by atoms with E-state index >= 15 is 0 Å². The van der Waals surface area contributed by atoms with Crippen molar-refractivity contribution < 1.29 is 33.3 Å². The first-order valence-electron chi connectivity index (χ1n) is 25.6. The van der Waals surface area contributed by atoms with Gasteiger partial charge in [-0.25, -0.2) is 4.79 Å². The molecule has 0 N–H and O–H groups in total. The van der Waals surface area contributed by atoms with E-state index < -0.39 is 0 Å². The molecule has 346 valence electrons. The van der Waals surface area contributed by atoms with Gasteiger partial charge in [0.05, 0.1) is 19.3 Å². The maximum atomic E-state index is 12.9. The Morgan fingerprint density at radius 2 is 0.847 bits per heavy atom. The van der Waals surface area contributed by atoms with Crippen LogP contribution in [-0.4, -0.2) is 75.0 Å². The van der Waals surface area contributed by atoms with Crippen LogP contribution in [0.15, 0.2) is 0 Å². The molecule has 0 aromatic heterocycles. The second kappa shape index (κ2) is 35.9. The Hall–Kier alpha value is -1.67. The molecule has 2 atom stereocenters. The lowest BCUT2D eigenvalue weighted by atomic mass is 9.92. The highest BCUT2D eigenvalue weighted by Gasteiger charge is 2.56. The quantitative estimate of drug-likeness (QED) is 0.0341. The maximum absolute atomic E-state index is 12.9. The summed E-state index contributed by atoms with van der Waals surface area (Å²) in [7, 11) is 2.15. The molecule has 1 aliphatic heterocycles. The Balaban J connectivity index is 1.61. The van der Waals surface area contributed by atoms with Gasteiger partial charge in [-0.15, -0.1) is 0 Å². The molecule has 0 spiro atoms. The number of carbonyl (C=O) groups is 3. The first-order chi connectivity index (χ1) is 28.8. The van der Waals surface area contributed by atoms with Gasteiger partial charge in [0.25, 0.3) is 0 Å². The van der Waals surface area contributed by atoms with E-state index in [2.05, 4.69) is 39.6 Å². The fourth-order valence-corrected chi connectivity index (χ4v) is 9.34. The van der Waals surface area contributed by atoms with E-state index in [0.717, 1.165) is 103 Å². The highest BCUT2D eigenvalue weighted by molar-refractivity contribution is 5.71. The molecule has 8 nitrogen and oxygen atoms in total. The molecule has 1 saturated heterocycles. The molecule has 0 aromatic rings. The number of ether oxygens (including phenoxy) is 4. The number of nitrogens with zero attached hydrogens (tertiary/aromatic N) is 1. The zero-order valence-corrected chi connectivity index (χ0v) is 39.4. The summed E-state index contributed by atoms with van der Waals surface area (Å²) in [5.74, 6) is 2.21. The smallest absolute Gasteiger partial charge is 0.332 e. The standard InChI is InChI=1S/C51H95NO7/c1-6-10-20-28-43(29-21-11-7-2)36-38-56-48(53)34-26-18-14-16-24-32-45(59-50(55)42-58-51-46-40-52(5)41-47(46)51)33-25-17-15-19-27-35-49(54)57-39-37-44(30-22-12-8-3)31-23-13-9-4/h43-47,51H,6-42H2,1-5H3. The molecular weight excluding hydrogens is 739 g/mol. The van der Waals surface area contributed by atoms with E-state index in [-0.39, 0.29) is 36.7 Å². The number of esters is 3. The number of hydrogen-bond donors (Lipinski definition) is 0. The van der Waals surface area contributed by atoms with Crippen LogP contribution in [0.2, 0.25) is 0 Å². The van der Waals surface area contributed by atoms with E-state index in [4.69, 9.17) is 18.9 Å². The van der Waals surface area contributed by atoms with Gasteiger partial charge in [-0.3, -0.25) is 9.59 Å². The van der Waals surface area contributed by atoms with Crippen LogP contribution in [0.5, 0.6) is 0 Å². The number of rotatable bonds is 42. The highest BCUT2D eigenvalue weighted by Crippen LogP contribution is 2.47. The Morgan fingerprint density at radius 1 is 0.475 bits per heavy atom. The molecule has 1 aliphatic carbocycles. The SMILES string of the molecule is CCCCCC(CCCCC)CCOC(=O)CCCCCCCC(CCCCCCCC(=O)OCCC(CCCCC)CCCCC)OC(=O)COC1C2CN(C)CC21. The molecule has 0 amide bonds. The largest absolute Gasteiger partial charge is 0.466 e. The second-order valence-electron chi connectivity index (χ2n) is 18.8. The summed E-state index contributed by atoms with van der Waals surface area (Å²) in [6.07, 6.45) is 35.4. The maximum Gasteiger partial charge on any atom is 0.332 e. The summed E-state index contributed by atoms with van der Waals surface area (Å²) in [6.45, 7) is 12.3. The van der Waals surface area contributed by atoms with E-state index in [0.29, 0.717) is 49.7 Å². The van der Waals surface area contributed by atoms with Gasteiger partial charge in [-0.1, -0.05) is 169 Å². The van der Waals surface area contributed by atoms with Gasteiger partial charge in [0, 0.05) is 37.8 Å². The third-order valence-corrected chi connectivity index (χ3v) is 13.2. The van der Waals surface area contributed by atoms with Crippen LogP contribution in [0.4, 0.5) is 0 Å². The van der Waals surface area contributed by atoms with Crippen molar-refractivity contribution in [3.8, 4) is 0 Å². The fraction of sp³-hybridized carbons (Fsp3) is 0.941. The topological polar surface area (TPSA) is 91.4 Å². The Labute approximate surface area is 364 Å². The van der Waals surface area contributed by atoms with E-state index in [1.54, 1.807) is 0 Å². The number of piperidine rings is 1. The average Bonchev–Trinajstić information content (AvgIpc) is 3.69. The minimum absolute atomic E-state index is 0.0449. The van der Waals surface area contributed by atoms with Crippen LogP contribution in [0.3, 0.4) is 0 Å². The second-order valence-corrected chi connectivity index (χ2v) is 18.8. The summed E-state index contributed by atoms with van der Waals surface area (Å²) in [5, 5.41) is 0. The highest BCUT2D eigenvalue weighted by atomic mass is 16.6. The number of unbranched alkanes of at least 4 members (excludes halogenated alkanes) is 16. The summed E-state index contributed by atoms with van der Waals surface area (Å²) in [4.78, 5) is 40.1. The fourth-order valence-electron chi connectivity index (χ4n) is 9.34. The molecule has 2 fully saturated rings. The third-order valence-electron chi connectivity index (χ3n) is 13.2. The predicted molar refractivity (Wildman–Crippen MR) is 243 cm³/mol. The molecule has 1 saturated carbocycles. The zero-order valence-electron chi connectivity index (χ0n) is 39.4. The molecule has 0 radical (unpaired) electrons. The van der Waals surface area contributed by atoms with Gasteiger partial charge in [0.1, 0.15) is 12.7 Å². The third kappa shape index (κ3) is 27.8. The lowest BCUT2D eigenvalue weighted by Crippen LogP contribution is -2.25. The number of hydrogen-bond acceptors (Lipinski definition) is 8. The molecule has 59 heavy (non-hydrogen) atoms. The van der Waals surface area contributed by atoms with Gasteiger partial charge < -0.3 is 23.8 Å². The van der Waals surface area contributed by atoms with Crippen molar-refractivity contribution in [3.05, 3.63) is 0 Å². The van der Waals surface area contributed by atoms with E-state index in [1.165, 1.54) is 103 Å². The number of carbonyl (C=O) groups excluding carboxylic acids is 3. The van der Waals surface area contributed by atoms with Crippen LogP contribution in [0, 0.1) is 23.7 Å². The molecule has 2 aliphatic rings. The van der Waals surface area contributed by atoms with Crippen molar-refractivity contribution >= 4 is 17.9 Å². The van der Waals surface area contributed by atoms with Gasteiger partial charge in [-0.2, -0.15) is 0 Å².